The van der Waals surface area contributed by atoms with Gasteiger partial charge in [-0.25, -0.2) is 0 Å². The van der Waals surface area contributed by atoms with Gasteiger partial charge in [0.2, 0.25) is 0 Å². The lowest BCUT2D eigenvalue weighted by Crippen LogP contribution is -2.18. The minimum absolute atomic E-state index is 0.140. The number of aromatic nitrogens is 3. The van der Waals surface area contributed by atoms with Crippen molar-refractivity contribution >= 4 is 16.7 Å². The second-order valence-electron chi connectivity index (χ2n) is 4.66. The highest BCUT2D eigenvalue weighted by Crippen LogP contribution is 2.22. The average molecular weight is 254 g/mol. The van der Waals surface area contributed by atoms with Gasteiger partial charge in [-0.05, 0) is 18.6 Å². The number of H-pyrrole nitrogens is 1. The molecule has 5 heteroatoms. The molecule has 0 bridgehead atoms. The van der Waals surface area contributed by atoms with Crippen molar-refractivity contribution < 1.29 is 0 Å². The van der Waals surface area contributed by atoms with Crippen LogP contribution in [0.1, 0.15) is 5.56 Å². The molecule has 0 fully saturated rings. The van der Waals surface area contributed by atoms with E-state index in [1.807, 2.05) is 37.3 Å². The topological polar surface area (TPSA) is 76.7 Å². The van der Waals surface area contributed by atoms with Gasteiger partial charge >= 0.3 is 0 Å². The Bertz CT molecular complexity index is 812. The average Bonchev–Trinajstić information content (AvgIpc) is 2.77. The van der Waals surface area contributed by atoms with Gasteiger partial charge in [0.05, 0.1) is 11.2 Å². The van der Waals surface area contributed by atoms with Crippen molar-refractivity contribution in [3.8, 4) is 11.3 Å². The largest absolute Gasteiger partial charge is 0.382 e. The summed E-state index contributed by atoms with van der Waals surface area (Å²) in [4.78, 5) is 12.3. The maximum absolute atomic E-state index is 12.3. The highest BCUT2D eigenvalue weighted by atomic mass is 16.1. The Morgan fingerprint density at radius 3 is 2.63 bits per heavy atom. The number of pyridine rings is 1. The molecule has 0 saturated carbocycles. The van der Waals surface area contributed by atoms with Gasteiger partial charge in [0.15, 0.2) is 5.82 Å². The van der Waals surface area contributed by atoms with E-state index in [-0.39, 0.29) is 11.4 Å². The van der Waals surface area contributed by atoms with E-state index in [1.54, 1.807) is 11.6 Å². The van der Waals surface area contributed by atoms with Crippen molar-refractivity contribution in [2.45, 2.75) is 6.92 Å². The highest BCUT2D eigenvalue weighted by molar-refractivity contribution is 5.90. The van der Waals surface area contributed by atoms with E-state index in [1.165, 1.54) is 5.56 Å². The number of nitrogen functional groups attached to an aromatic ring is 1. The molecule has 0 aliphatic carbocycles. The summed E-state index contributed by atoms with van der Waals surface area (Å²) in [5.74, 6) is 0.242. The smallest absolute Gasteiger partial charge is 0.264 e. The molecule has 3 rings (SSSR count). The van der Waals surface area contributed by atoms with E-state index in [2.05, 4.69) is 10.2 Å². The summed E-state index contributed by atoms with van der Waals surface area (Å²) in [6.07, 6.45) is 0. The third-order valence-corrected chi connectivity index (χ3v) is 3.33. The SMILES string of the molecule is Cc1ccc(-c2cc3[nH]nc(N)c3c(=O)n2C)cc1. The molecule has 2 aromatic heterocycles. The predicted octanol–water partition coefficient (Wildman–Crippen LogP) is 1.82. The second-order valence-corrected chi connectivity index (χ2v) is 4.66. The Morgan fingerprint density at radius 1 is 1.26 bits per heavy atom. The van der Waals surface area contributed by atoms with Crippen LogP contribution < -0.4 is 11.3 Å². The van der Waals surface area contributed by atoms with Crippen molar-refractivity contribution in [3.05, 3.63) is 46.2 Å². The molecule has 3 aromatic rings. The normalized spacial score (nSPS) is 11.1. The van der Waals surface area contributed by atoms with Gasteiger partial charge in [-0.3, -0.25) is 9.89 Å². The van der Waals surface area contributed by atoms with Crippen LogP contribution >= 0.6 is 0 Å². The summed E-state index contributed by atoms with van der Waals surface area (Å²) < 4.78 is 1.60. The van der Waals surface area contributed by atoms with Crippen LogP contribution in [0.15, 0.2) is 35.1 Å². The lowest BCUT2D eigenvalue weighted by Gasteiger charge is -2.09. The van der Waals surface area contributed by atoms with Gasteiger partial charge in [0.1, 0.15) is 5.39 Å². The number of benzene rings is 1. The maximum Gasteiger partial charge on any atom is 0.264 e. The summed E-state index contributed by atoms with van der Waals surface area (Å²) in [6.45, 7) is 2.03. The third-order valence-electron chi connectivity index (χ3n) is 3.33. The molecule has 2 heterocycles. The quantitative estimate of drug-likeness (QED) is 0.695. The number of rotatable bonds is 1. The van der Waals surface area contributed by atoms with Gasteiger partial charge in [0, 0.05) is 7.05 Å². The van der Waals surface area contributed by atoms with E-state index in [0.717, 1.165) is 11.3 Å². The molecule has 3 N–H and O–H groups in total. The molecule has 19 heavy (non-hydrogen) atoms. The highest BCUT2D eigenvalue weighted by Gasteiger charge is 2.12. The van der Waals surface area contributed by atoms with Crippen LogP contribution in [0.25, 0.3) is 22.2 Å². The number of aryl methyl sites for hydroxylation is 1. The van der Waals surface area contributed by atoms with Crippen molar-refractivity contribution in [3.63, 3.8) is 0 Å². The zero-order valence-electron chi connectivity index (χ0n) is 10.8. The summed E-state index contributed by atoms with van der Waals surface area (Å²) in [5, 5.41) is 7.12. The monoisotopic (exact) mass is 254 g/mol. The van der Waals surface area contributed by atoms with Crippen LogP contribution in [0, 0.1) is 6.92 Å². The third kappa shape index (κ3) is 1.71. The van der Waals surface area contributed by atoms with E-state index >= 15 is 0 Å². The van der Waals surface area contributed by atoms with Gasteiger partial charge in [-0.15, -0.1) is 0 Å². The van der Waals surface area contributed by atoms with Gasteiger partial charge < -0.3 is 10.3 Å². The Morgan fingerprint density at radius 2 is 1.95 bits per heavy atom. The zero-order chi connectivity index (χ0) is 13.6. The van der Waals surface area contributed by atoms with Crippen LogP contribution in [0.5, 0.6) is 0 Å². The van der Waals surface area contributed by atoms with Gasteiger partial charge in [0.25, 0.3) is 5.56 Å². The van der Waals surface area contributed by atoms with Crippen molar-refractivity contribution in [1.82, 2.24) is 14.8 Å². The summed E-state index contributed by atoms with van der Waals surface area (Å²) >= 11 is 0. The van der Waals surface area contributed by atoms with E-state index in [9.17, 15) is 4.79 Å². The Labute approximate surface area is 109 Å². The number of anilines is 1. The lowest BCUT2D eigenvalue weighted by molar-refractivity contribution is 0.883. The number of fused-ring (bicyclic) bond motifs is 1. The van der Waals surface area contributed by atoms with Crippen LogP contribution in [0.3, 0.4) is 0 Å². The standard InChI is InChI=1S/C14H14N4O/c1-8-3-5-9(6-4-8)11-7-10-12(13(15)17-16-10)14(19)18(11)2/h3-7H,1-2H3,(H3,15,16,17). The summed E-state index contributed by atoms with van der Waals surface area (Å²) in [5.41, 5.74) is 9.22. The number of hydrogen-bond donors (Lipinski definition) is 2. The molecule has 0 radical (unpaired) electrons. The number of hydrogen-bond acceptors (Lipinski definition) is 3. The van der Waals surface area contributed by atoms with Crippen LogP contribution in [-0.4, -0.2) is 14.8 Å². The number of nitrogens with zero attached hydrogens (tertiary/aromatic N) is 2. The van der Waals surface area contributed by atoms with Crippen LogP contribution in [-0.2, 0) is 7.05 Å². The second kappa shape index (κ2) is 3.98. The number of aromatic amines is 1. The number of nitrogens with two attached hydrogens (primary N) is 1. The fourth-order valence-electron chi connectivity index (χ4n) is 2.21. The molecule has 0 saturated heterocycles. The molecular formula is C14H14N4O. The molecule has 0 unspecified atom stereocenters. The molecule has 0 spiro atoms. The van der Waals surface area contributed by atoms with Crippen molar-refractivity contribution in [2.75, 3.05) is 5.73 Å². The van der Waals surface area contributed by atoms with Crippen LogP contribution in [0.2, 0.25) is 0 Å². The Hall–Kier alpha value is -2.56. The molecule has 96 valence electrons. The molecule has 5 nitrogen and oxygen atoms in total. The fourth-order valence-corrected chi connectivity index (χ4v) is 2.21. The lowest BCUT2D eigenvalue weighted by atomic mass is 10.1. The Balaban J connectivity index is 2.33. The zero-order valence-corrected chi connectivity index (χ0v) is 10.8. The van der Waals surface area contributed by atoms with E-state index in [0.29, 0.717) is 10.9 Å². The van der Waals surface area contributed by atoms with Crippen molar-refractivity contribution in [2.24, 2.45) is 7.05 Å². The molecule has 0 amide bonds. The van der Waals surface area contributed by atoms with Crippen molar-refractivity contribution in [1.29, 1.82) is 0 Å². The molecular weight excluding hydrogens is 240 g/mol. The first-order chi connectivity index (χ1) is 9.08. The van der Waals surface area contributed by atoms with Gasteiger partial charge in [-0.1, -0.05) is 29.8 Å². The number of nitrogens with one attached hydrogen (secondary N) is 1. The summed E-state index contributed by atoms with van der Waals surface area (Å²) in [6, 6.07) is 9.92. The van der Waals surface area contributed by atoms with E-state index < -0.39 is 0 Å². The molecule has 0 aliphatic heterocycles. The maximum atomic E-state index is 12.3. The fraction of sp³-hybridized carbons (Fsp3) is 0.143. The minimum Gasteiger partial charge on any atom is -0.382 e. The van der Waals surface area contributed by atoms with Gasteiger partial charge in [-0.2, -0.15) is 5.10 Å². The summed E-state index contributed by atoms with van der Waals surface area (Å²) in [7, 11) is 1.74. The minimum atomic E-state index is -0.140. The predicted molar refractivity (Wildman–Crippen MR) is 75.9 cm³/mol. The molecule has 1 aromatic carbocycles. The first kappa shape index (κ1) is 11.5. The Kier molecular flexibility index (Phi) is 2.41. The van der Waals surface area contributed by atoms with Crippen LogP contribution in [0.4, 0.5) is 5.82 Å². The van der Waals surface area contributed by atoms with E-state index in [4.69, 9.17) is 5.73 Å². The molecule has 0 aliphatic rings. The molecule has 0 atom stereocenters. The first-order valence-electron chi connectivity index (χ1n) is 5.98. The first-order valence-corrected chi connectivity index (χ1v) is 5.98.